The second-order valence-corrected chi connectivity index (χ2v) is 9.65. The molecule has 9 heteroatoms. The van der Waals surface area contributed by atoms with Crippen molar-refractivity contribution >= 4 is 34.1 Å². The Hall–Kier alpha value is -3.98. The van der Waals surface area contributed by atoms with Crippen molar-refractivity contribution in [1.82, 2.24) is 30.2 Å². The van der Waals surface area contributed by atoms with Crippen molar-refractivity contribution in [2.45, 2.75) is 31.5 Å². The van der Waals surface area contributed by atoms with E-state index in [0.29, 0.717) is 35.7 Å². The Bertz CT molecular complexity index is 1450. The van der Waals surface area contributed by atoms with Gasteiger partial charge in [-0.1, -0.05) is 0 Å². The van der Waals surface area contributed by atoms with Crippen LogP contribution in [0.1, 0.15) is 28.8 Å². The fraction of sp³-hybridized carbons (Fsp3) is 0.308. The highest BCUT2D eigenvalue weighted by atomic mass is 16.1. The van der Waals surface area contributed by atoms with Crippen LogP contribution in [0.5, 0.6) is 0 Å². The van der Waals surface area contributed by atoms with Gasteiger partial charge in [-0.2, -0.15) is 0 Å². The number of rotatable bonds is 4. The summed E-state index contributed by atoms with van der Waals surface area (Å²) in [4.78, 5) is 29.2. The first kappa shape index (κ1) is 20.4. The van der Waals surface area contributed by atoms with E-state index >= 15 is 0 Å². The summed E-state index contributed by atoms with van der Waals surface area (Å²) in [7, 11) is 1.97. The van der Waals surface area contributed by atoms with Gasteiger partial charge in [0.05, 0.1) is 35.0 Å². The van der Waals surface area contributed by atoms with Crippen LogP contribution in [0, 0.1) is 0 Å². The van der Waals surface area contributed by atoms with E-state index in [-0.39, 0.29) is 5.91 Å². The number of amides is 1. The molecule has 2 saturated heterocycles. The maximum Gasteiger partial charge on any atom is 0.254 e. The SMILES string of the molecule is Cn1ccc2c(-c3ncc(Nc4ccc(N5CC6CCC(C5)N6)cn4)c4c3CNC4=O)ccnc21. The molecule has 2 bridgehead atoms. The first-order valence-electron chi connectivity index (χ1n) is 12.1. The standard InChI is InChI=1S/C26H26N8O/c1-33-9-7-19-18(6-8-27-25(19)33)24-20-11-30-26(35)23(20)21(12-29-24)32-22-5-4-17(10-28-22)34-13-15-2-3-16(14-34)31-15/h4-10,12,15-16,31H,2-3,11,13-14H2,1H3,(H,28,32)(H,30,35). The normalized spacial score (nSPS) is 20.8. The number of hydrogen-bond acceptors (Lipinski definition) is 7. The molecule has 7 rings (SSSR count). The van der Waals surface area contributed by atoms with Gasteiger partial charge in [-0.05, 0) is 37.1 Å². The average molecular weight is 467 g/mol. The summed E-state index contributed by atoms with van der Waals surface area (Å²) in [5.41, 5.74) is 5.98. The molecule has 0 saturated carbocycles. The summed E-state index contributed by atoms with van der Waals surface area (Å²) in [5, 5.41) is 11.0. The molecule has 35 heavy (non-hydrogen) atoms. The number of aryl methyl sites for hydroxylation is 1. The third-order valence-corrected chi connectivity index (χ3v) is 7.45. The molecule has 0 spiro atoms. The van der Waals surface area contributed by atoms with Crippen LogP contribution in [0.2, 0.25) is 0 Å². The molecule has 3 aliphatic rings. The van der Waals surface area contributed by atoms with Gasteiger partial charge in [0.1, 0.15) is 11.5 Å². The molecule has 2 unspecified atom stereocenters. The lowest BCUT2D eigenvalue weighted by Gasteiger charge is -2.34. The Morgan fingerprint density at radius 2 is 1.89 bits per heavy atom. The molecule has 7 heterocycles. The number of pyridine rings is 3. The Labute approximate surface area is 202 Å². The number of anilines is 3. The summed E-state index contributed by atoms with van der Waals surface area (Å²) in [6, 6.07) is 9.24. The summed E-state index contributed by atoms with van der Waals surface area (Å²) in [6.07, 6.45) is 9.92. The van der Waals surface area contributed by atoms with E-state index in [1.54, 1.807) is 12.4 Å². The van der Waals surface area contributed by atoms with Gasteiger partial charge in [-0.25, -0.2) is 9.97 Å². The second-order valence-electron chi connectivity index (χ2n) is 9.65. The lowest BCUT2D eigenvalue weighted by Crippen LogP contribution is -2.51. The van der Waals surface area contributed by atoms with E-state index in [4.69, 9.17) is 4.98 Å². The van der Waals surface area contributed by atoms with Gasteiger partial charge >= 0.3 is 0 Å². The topological polar surface area (TPSA) is 100 Å². The van der Waals surface area contributed by atoms with Crippen LogP contribution in [-0.4, -0.2) is 50.6 Å². The number of fused-ring (bicyclic) bond motifs is 4. The van der Waals surface area contributed by atoms with E-state index in [1.807, 2.05) is 42.2 Å². The van der Waals surface area contributed by atoms with Crippen LogP contribution in [0.4, 0.5) is 17.2 Å². The molecule has 3 aliphatic heterocycles. The number of aromatic nitrogens is 4. The fourth-order valence-corrected chi connectivity index (χ4v) is 5.73. The molecule has 1 amide bonds. The lowest BCUT2D eigenvalue weighted by atomic mass is 10.0. The van der Waals surface area contributed by atoms with Gasteiger partial charge in [0.15, 0.2) is 0 Å². The maximum atomic E-state index is 12.8. The highest BCUT2D eigenvalue weighted by Crippen LogP contribution is 2.36. The molecule has 0 aromatic carbocycles. The Morgan fingerprint density at radius 1 is 1.03 bits per heavy atom. The number of hydrogen-bond donors (Lipinski definition) is 3. The number of carbonyl (C=O) groups is 1. The molecule has 3 N–H and O–H groups in total. The van der Waals surface area contributed by atoms with E-state index in [1.165, 1.54) is 12.8 Å². The summed E-state index contributed by atoms with van der Waals surface area (Å²) >= 11 is 0. The number of nitrogens with one attached hydrogen (secondary N) is 3. The Kier molecular flexibility index (Phi) is 4.53. The number of nitrogens with zero attached hydrogens (tertiary/aromatic N) is 5. The highest BCUT2D eigenvalue weighted by Gasteiger charge is 2.32. The van der Waals surface area contributed by atoms with Crippen molar-refractivity contribution < 1.29 is 4.79 Å². The van der Waals surface area contributed by atoms with Crippen molar-refractivity contribution in [3.05, 3.63) is 60.2 Å². The quantitative estimate of drug-likeness (QED) is 0.425. The molecule has 9 nitrogen and oxygen atoms in total. The molecular formula is C26H26N8O. The van der Waals surface area contributed by atoms with Gasteiger partial charge in [0, 0.05) is 67.7 Å². The summed E-state index contributed by atoms with van der Waals surface area (Å²) < 4.78 is 1.99. The fourth-order valence-electron chi connectivity index (χ4n) is 5.73. The predicted octanol–water partition coefficient (Wildman–Crippen LogP) is 2.96. The zero-order valence-corrected chi connectivity index (χ0v) is 19.5. The molecule has 0 aliphatic carbocycles. The van der Waals surface area contributed by atoms with Crippen molar-refractivity contribution in [1.29, 1.82) is 0 Å². The van der Waals surface area contributed by atoms with Crippen LogP contribution in [0.3, 0.4) is 0 Å². The van der Waals surface area contributed by atoms with Crippen LogP contribution in [0.25, 0.3) is 22.3 Å². The van der Waals surface area contributed by atoms with Crippen molar-refractivity contribution in [3.63, 3.8) is 0 Å². The highest BCUT2D eigenvalue weighted by molar-refractivity contribution is 6.06. The molecule has 2 atom stereocenters. The molecule has 176 valence electrons. The third kappa shape index (κ3) is 3.34. The zero-order chi connectivity index (χ0) is 23.5. The van der Waals surface area contributed by atoms with Gasteiger partial charge in [0.2, 0.25) is 0 Å². The maximum absolute atomic E-state index is 12.8. The van der Waals surface area contributed by atoms with Gasteiger partial charge < -0.3 is 25.4 Å². The Balaban J connectivity index is 1.20. The van der Waals surface area contributed by atoms with Crippen molar-refractivity contribution in [2.75, 3.05) is 23.3 Å². The van der Waals surface area contributed by atoms with Crippen LogP contribution < -0.4 is 20.9 Å². The first-order chi connectivity index (χ1) is 17.1. The second kappa shape index (κ2) is 7.78. The van der Waals surface area contributed by atoms with Gasteiger partial charge in [-0.15, -0.1) is 0 Å². The predicted molar refractivity (Wildman–Crippen MR) is 135 cm³/mol. The molecule has 4 aromatic rings. The minimum atomic E-state index is -0.0996. The van der Waals surface area contributed by atoms with Gasteiger partial charge in [0.25, 0.3) is 5.91 Å². The van der Waals surface area contributed by atoms with Crippen LogP contribution >= 0.6 is 0 Å². The molecule has 0 radical (unpaired) electrons. The largest absolute Gasteiger partial charge is 0.367 e. The minimum absolute atomic E-state index is 0.0996. The molecular weight excluding hydrogens is 440 g/mol. The van der Waals surface area contributed by atoms with Crippen molar-refractivity contribution in [3.8, 4) is 11.3 Å². The minimum Gasteiger partial charge on any atom is -0.367 e. The van der Waals surface area contributed by atoms with E-state index in [0.717, 1.165) is 46.6 Å². The van der Waals surface area contributed by atoms with Crippen LogP contribution in [0.15, 0.2) is 49.1 Å². The number of carbonyl (C=O) groups excluding carboxylic acids is 1. The van der Waals surface area contributed by atoms with Crippen molar-refractivity contribution in [2.24, 2.45) is 7.05 Å². The zero-order valence-electron chi connectivity index (χ0n) is 19.5. The monoisotopic (exact) mass is 466 g/mol. The first-order valence-corrected chi connectivity index (χ1v) is 12.1. The number of piperazine rings is 1. The third-order valence-electron chi connectivity index (χ3n) is 7.45. The summed E-state index contributed by atoms with van der Waals surface area (Å²) in [6.45, 7) is 2.49. The van der Waals surface area contributed by atoms with Gasteiger partial charge in [-0.3, -0.25) is 9.78 Å². The van der Waals surface area contributed by atoms with E-state index in [2.05, 4.69) is 36.9 Å². The average Bonchev–Trinajstić information content (AvgIpc) is 3.56. The summed E-state index contributed by atoms with van der Waals surface area (Å²) in [5.74, 6) is 0.593. The van der Waals surface area contributed by atoms with E-state index in [9.17, 15) is 4.79 Å². The smallest absolute Gasteiger partial charge is 0.254 e. The van der Waals surface area contributed by atoms with Crippen LogP contribution in [-0.2, 0) is 13.6 Å². The lowest BCUT2D eigenvalue weighted by molar-refractivity contribution is 0.0966. The Morgan fingerprint density at radius 3 is 2.69 bits per heavy atom. The van der Waals surface area contributed by atoms with E-state index < -0.39 is 0 Å². The molecule has 4 aromatic heterocycles. The molecule has 2 fully saturated rings.